The van der Waals surface area contributed by atoms with Gasteiger partial charge in [-0.05, 0) is 53.4 Å². The number of halogens is 1. The number of ether oxygens (including phenoxy) is 2. The molecule has 1 atom stereocenters. The van der Waals surface area contributed by atoms with E-state index in [9.17, 15) is 13.2 Å². The summed E-state index contributed by atoms with van der Waals surface area (Å²) in [5.41, 5.74) is 0.275. The molecule has 0 aromatic heterocycles. The molecule has 7 nitrogen and oxygen atoms in total. The second-order valence-electron chi connectivity index (χ2n) is 5.73. The van der Waals surface area contributed by atoms with Crippen molar-refractivity contribution < 1.29 is 22.7 Å². The number of carbonyl (C=O) groups excluding carboxylic acids is 1. The molecule has 0 saturated carbocycles. The minimum Gasteiger partial charge on any atom is -0.385 e. The number of nitrogens with one attached hydrogen (secondary N) is 2. The zero-order valence-electron chi connectivity index (χ0n) is 14.1. The molecule has 1 aliphatic heterocycles. The molecule has 2 rings (SSSR count). The summed E-state index contributed by atoms with van der Waals surface area (Å²) in [5.74, 6) is -0.334. The molecule has 0 spiro atoms. The lowest BCUT2D eigenvalue weighted by Crippen LogP contribution is -2.32. The van der Waals surface area contributed by atoms with Crippen LogP contribution in [0.1, 0.15) is 29.6 Å². The molecule has 140 valence electrons. The molecule has 1 amide bonds. The molecular weight excluding hydrogens is 412 g/mol. The van der Waals surface area contributed by atoms with Crippen molar-refractivity contribution in [2.75, 3.05) is 33.4 Å². The van der Waals surface area contributed by atoms with E-state index >= 15 is 0 Å². The summed E-state index contributed by atoms with van der Waals surface area (Å²) < 4.78 is 38.3. The van der Waals surface area contributed by atoms with Crippen LogP contribution in [0.25, 0.3) is 0 Å². The Kier molecular flexibility index (Phi) is 7.82. The van der Waals surface area contributed by atoms with Crippen molar-refractivity contribution in [3.63, 3.8) is 0 Å². The van der Waals surface area contributed by atoms with Crippen LogP contribution in [0, 0.1) is 0 Å². The Morgan fingerprint density at radius 2 is 2.24 bits per heavy atom. The zero-order chi connectivity index (χ0) is 18.3. The van der Waals surface area contributed by atoms with Crippen LogP contribution < -0.4 is 10.0 Å². The van der Waals surface area contributed by atoms with Crippen molar-refractivity contribution in [3.8, 4) is 0 Å². The SMILES string of the molecule is COCCCNC(=O)c1cc(S(=O)(=O)NC[C@H]2CCCO2)ccc1Br. The van der Waals surface area contributed by atoms with Gasteiger partial charge in [0.05, 0.1) is 16.6 Å². The van der Waals surface area contributed by atoms with Crippen molar-refractivity contribution in [3.05, 3.63) is 28.2 Å². The van der Waals surface area contributed by atoms with E-state index in [1.54, 1.807) is 13.2 Å². The Labute approximate surface area is 156 Å². The van der Waals surface area contributed by atoms with Gasteiger partial charge in [0, 0.05) is 37.9 Å². The van der Waals surface area contributed by atoms with E-state index in [1.165, 1.54) is 12.1 Å². The van der Waals surface area contributed by atoms with Gasteiger partial charge < -0.3 is 14.8 Å². The maximum absolute atomic E-state index is 12.4. The maximum atomic E-state index is 12.4. The van der Waals surface area contributed by atoms with Crippen molar-refractivity contribution in [2.24, 2.45) is 0 Å². The predicted octanol–water partition coefficient (Wildman–Crippen LogP) is 1.67. The highest BCUT2D eigenvalue weighted by molar-refractivity contribution is 9.10. The summed E-state index contributed by atoms with van der Waals surface area (Å²) in [6.07, 6.45) is 2.38. The summed E-state index contributed by atoms with van der Waals surface area (Å²) in [5, 5.41) is 2.75. The summed E-state index contributed by atoms with van der Waals surface area (Å²) in [4.78, 5) is 12.3. The van der Waals surface area contributed by atoms with E-state index in [0.717, 1.165) is 12.8 Å². The molecule has 0 unspecified atom stereocenters. The molecule has 1 aliphatic rings. The fraction of sp³-hybridized carbons (Fsp3) is 0.562. The highest BCUT2D eigenvalue weighted by Gasteiger charge is 2.22. The number of sulfonamides is 1. The average molecular weight is 435 g/mol. The molecule has 1 aromatic carbocycles. The molecular formula is C16H23BrN2O5S. The third-order valence-electron chi connectivity index (χ3n) is 3.83. The average Bonchev–Trinajstić information content (AvgIpc) is 3.10. The topological polar surface area (TPSA) is 93.7 Å². The molecule has 0 aliphatic carbocycles. The Bertz CT molecular complexity index is 690. The predicted molar refractivity (Wildman–Crippen MR) is 97.1 cm³/mol. The highest BCUT2D eigenvalue weighted by Crippen LogP contribution is 2.21. The first-order valence-electron chi connectivity index (χ1n) is 8.12. The molecule has 0 bridgehead atoms. The summed E-state index contributed by atoms with van der Waals surface area (Å²) in [6, 6.07) is 4.39. The fourth-order valence-electron chi connectivity index (χ4n) is 2.45. The van der Waals surface area contributed by atoms with Crippen LogP contribution >= 0.6 is 15.9 Å². The van der Waals surface area contributed by atoms with Gasteiger partial charge in [0.1, 0.15) is 0 Å². The third-order valence-corrected chi connectivity index (χ3v) is 5.94. The number of benzene rings is 1. The smallest absolute Gasteiger partial charge is 0.252 e. The second-order valence-corrected chi connectivity index (χ2v) is 8.35. The monoisotopic (exact) mass is 434 g/mol. The molecule has 25 heavy (non-hydrogen) atoms. The minimum atomic E-state index is -3.70. The number of rotatable bonds is 9. The van der Waals surface area contributed by atoms with E-state index in [0.29, 0.717) is 30.7 Å². The van der Waals surface area contributed by atoms with Gasteiger partial charge in [-0.2, -0.15) is 0 Å². The molecule has 1 fully saturated rings. The van der Waals surface area contributed by atoms with Crippen LogP contribution in [0.3, 0.4) is 0 Å². The van der Waals surface area contributed by atoms with Gasteiger partial charge in [-0.15, -0.1) is 0 Å². The second kappa shape index (κ2) is 9.63. The van der Waals surface area contributed by atoms with Gasteiger partial charge in [-0.25, -0.2) is 13.1 Å². The van der Waals surface area contributed by atoms with Gasteiger partial charge in [0.15, 0.2) is 0 Å². The molecule has 1 heterocycles. The fourth-order valence-corrected chi connectivity index (χ4v) is 3.97. The van der Waals surface area contributed by atoms with E-state index in [2.05, 4.69) is 26.0 Å². The van der Waals surface area contributed by atoms with E-state index in [1.807, 2.05) is 0 Å². The first-order valence-corrected chi connectivity index (χ1v) is 10.4. The molecule has 9 heteroatoms. The van der Waals surface area contributed by atoms with Gasteiger partial charge >= 0.3 is 0 Å². The lowest BCUT2D eigenvalue weighted by molar-refractivity contribution is 0.0947. The van der Waals surface area contributed by atoms with Gasteiger partial charge in [0.25, 0.3) is 5.91 Å². The standard InChI is InChI=1S/C16H23BrN2O5S/c1-23-8-3-7-18-16(20)14-10-13(5-6-15(14)17)25(21,22)19-11-12-4-2-9-24-12/h5-6,10,12,19H,2-4,7-9,11H2,1H3,(H,18,20)/t12-/m1/s1. The van der Waals surface area contributed by atoms with Crippen molar-refractivity contribution in [2.45, 2.75) is 30.3 Å². The normalized spacial score (nSPS) is 17.6. The number of hydrogen-bond acceptors (Lipinski definition) is 5. The minimum absolute atomic E-state index is 0.0516. The summed E-state index contributed by atoms with van der Waals surface area (Å²) in [7, 11) is -2.11. The number of amides is 1. The van der Waals surface area contributed by atoms with Crippen LogP contribution in [0.4, 0.5) is 0 Å². The van der Waals surface area contributed by atoms with Crippen LogP contribution in [-0.4, -0.2) is 53.8 Å². The summed E-state index contributed by atoms with van der Waals surface area (Å²) in [6.45, 7) is 1.89. The van der Waals surface area contributed by atoms with Gasteiger partial charge in [-0.1, -0.05) is 0 Å². The Balaban J connectivity index is 2.04. The molecule has 2 N–H and O–H groups in total. The van der Waals surface area contributed by atoms with Gasteiger partial charge in [0.2, 0.25) is 10.0 Å². The first kappa shape index (κ1) is 20.3. The quantitative estimate of drug-likeness (QED) is 0.576. The van der Waals surface area contributed by atoms with E-state index in [4.69, 9.17) is 9.47 Å². The summed E-state index contributed by atoms with van der Waals surface area (Å²) >= 11 is 3.29. The van der Waals surface area contributed by atoms with Crippen LogP contribution in [0.2, 0.25) is 0 Å². The molecule has 0 radical (unpaired) electrons. The zero-order valence-corrected chi connectivity index (χ0v) is 16.5. The van der Waals surface area contributed by atoms with Crippen LogP contribution in [0.5, 0.6) is 0 Å². The van der Waals surface area contributed by atoms with E-state index in [-0.39, 0.29) is 29.0 Å². The highest BCUT2D eigenvalue weighted by atomic mass is 79.9. The van der Waals surface area contributed by atoms with Crippen molar-refractivity contribution in [1.82, 2.24) is 10.0 Å². The maximum Gasteiger partial charge on any atom is 0.252 e. The number of hydrogen-bond donors (Lipinski definition) is 2. The van der Waals surface area contributed by atoms with Gasteiger partial charge in [-0.3, -0.25) is 4.79 Å². The lowest BCUT2D eigenvalue weighted by atomic mass is 10.2. The lowest BCUT2D eigenvalue weighted by Gasteiger charge is -2.13. The first-order chi connectivity index (χ1) is 11.9. The Hall–Kier alpha value is -1.00. The van der Waals surface area contributed by atoms with Crippen LogP contribution in [-0.2, 0) is 19.5 Å². The Morgan fingerprint density at radius 1 is 1.44 bits per heavy atom. The Morgan fingerprint density at radius 3 is 2.92 bits per heavy atom. The molecule has 1 aromatic rings. The van der Waals surface area contributed by atoms with Crippen molar-refractivity contribution >= 4 is 31.9 Å². The number of carbonyl (C=O) groups is 1. The van der Waals surface area contributed by atoms with Crippen LogP contribution in [0.15, 0.2) is 27.6 Å². The van der Waals surface area contributed by atoms with E-state index < -0.39 is 10.0 Å². The molecule has 1 saturated heterocycles. The largest absolute Gasteiger partial charge is 0.385 e. The van der Waals surface area contributed by atoms with Crippen molar-refractivity contribution in [1.29, 1.82) is 0 Å². The number of methoxy groups -OCH3 is 1. The third kappa shape index (κ3) is 6.03.